The summed E-state index contributed by atoms with van der Waals surface area (Å²) >= 11 is 0. The molecule has 0 unspecified atom stereocenters. The average Bonchev–Trinajstić information content (AvgIpc) is 3.52. The second-order valence-electron chi connectivity index (χ2n) is 14.3. The van der Waals surface area contributed by atoms with Crippen LogP contribution >= 0.6 is 0 Å². The van der Waals surface area contributed by atoms with Gasteiger partial charge in [0.05, 0.1) is 0 Å². The Labute approximate surface area is 297 Å². The number of hydrogen-bond acceptors (Lipinski definition) is 4. The highest BCUT2D eigenvalue weighted by Gasteiger charge is 2.61. The number of hydrogen-bond donors (Lipinski definition) is 2. The zero-order valence-corrected chi connectivity index (χ0v) is 28.5. The van der Waals surface area contributed by atoms with E-state index >= 15 is 0 Å². The summed E-state index contributed by atoms with van der Waals surface area (Å²) in [6.45, 7) is 3.70. The largest absolute Gasteiger partial charge is 0.378 e. The van der Waals surface area contributed by atoms with Crippen molar-refractivity contribution in [2.75, 3.05) is 0 Å². The van der Waals surface area contributed by atoms with Crippen molar-refractivity contribution in [3.63, 3.8) is 0 Å². The minimum absolute atomic E-state index is 0.646. The summed E-state index contributed by atoms with van der Waals surface area (Å²) in [7, 11) is 0. The minimum Gasteiger partial charge on any atom is -0.378 e. The van der Waals surface area contributed by atoms with Gasteiger partial charge in [-0.05, 0) is 103 Å². The maximum Gasteiger partial charge on any atom is 0.164 e. The van der Waals surface area contributed by atoms with Gasteiger partial charge in [-0.15, -0.1) is 0 Å². The van der Waals surface area contributed by atoms with Crippen molar-refractivity contribution in [1.82, 2.24) is 0 Å². The fourth-order valence-corrected chi connectivity index (χ4v) is 8.07. The molecule has 2 atom stereocenters. The molecule has 51 heavy (non-hydrogen) atoms. The smallest absolute Gasteiger partial charge is 0.164 e. The molecule has 0 radical (unpaired) electrons. The molecule has 8 aromatic rings. The summed E-state index contributed by atoms with van der Waals surface area (Å²) < 4.78 is 13.8. The lowest BCUT2D eigenvalue weighted by molar-refractivity contribution is -0.172. The molecule has 1 aliphatic rings. The molecule has 0 spiro atoms. The van der Waals surface area contributed by atoms with Crippen LogP contribution in [0.3, 0.4) is 0 Å². The molecule has 250 valence electrons. The normalized spacial score (nSPS) is 17.8. The molecule has 2 N–H and O–H groups in total. The number of fused-ring (bicyclic) bond motifs is 4. The highest BCUT2D eigenvalue weighted by Crippen LogP contribution is 2.51. The molecule has 1 heterocycles. The highest BCUT2D eigenvalue weighted by atomic mass is 16.8. The Morgan fingerprint density at radius 3 is 0.863 bits per heavy atom. The van der Waals surface area contributed by atoms with Crippen LogP contribution < -0.4 is 0 Å². The first-order valence-electron chi connectivity index (χ1n) is 17.5. The first-order chi connectivity index (χ1) is 24.7. The van der Waals surface area contributed by atoms with Gasteiger partial charge >= 0.3 is 0 Å². The van der Waals surface area contributed by atoms with Gasteiger partial charge in [0.1, 0.15) is 23.4 Å². The Morgan fingerprint density at radius 2 is 0.608 bits per heavy atom. The van der Waals surface area contributed by atoms with Gasteiger partial charge in [0.2, 0.25) is 0 Å². The first-order valence-corrected chi connectivity index (χ1v) is 17.5. The van der Waals surface area contributed by atoms with Crippen molar-refractivity contribution in [2.45, 2.75) is 43.0 Å². The monoisotopic (exact) mass is 666 g/mol. The van der Waals surface area contributed by atoms with Gasteiger partial charge in [-0.25, -0.2) is 0 Å². The maximum atomic E-state index is 13.7. The lowest BCUT2D eigenvalue weighted by atomic mass is 9.71. The highest BCUT2D eigenvalue weighted by molar-refractivity contribution is 5.87. The molecule has 8 aromatic carbocycles. The van der Waals surface area contributed by atoms with Gasteiger partial charge in [0.15, 0.2) is 5.79 Å². The van der Waals surface area contributed by atoms with E-state index in [1.165, 1.54) is 0 Å². The van der Waals surface area contributed by atoms with Gasteiger partial charge < -0.3 is 19.7 Å². The van der Waals surface area contributed by atoms with E-state index in [2.05, 4.69) is 24.3 Å². The van der Waals surface area contributed by atoms with E-state index in [9.17, 15) is 10.2 Å². The van der Waals surface area contributed by atoms with Crippen LogP contribution in [0.25, 0.3) is 43.1 Å². The molecule has 0 saturated carbocycles. The summed E-state index contributed by atoms with van der Waals surface area (Å²) in [5, 5.41) is 35.5. The number of benzene rings is 8. The van der Waals surface area contributed by atoms with Crippen molar-refractivity contribution in [3.8, 4) is 0 Å². The van der Waals surface area contributed by atoms with Gasteiger partial charge in [0, 0.05) is 0 Å². The standard InChI is InChI=1S/C47H38O4/c1-45(2)50-43(46(48,39-23-19-31-11-3-7-15-35(31)27-39)40-24-20-32-12-4-8-16-36(32)28-40)44(51-45)47(49,41-25-21-33-13-5-9-17-37(33)29-41)42-26-22-34-14-6-10-18-38(34)30-42/h3-30,43-44,48-49H,1-2H3/t43-,44-/m0/s1. The Balaban J connectivity index is 1.32. The van der Waals surface area contributed by atoms with E-state index in [0.717, 1.165) is 43.1 Å². The van der Waals surface area contributed by atoms with E-state index in [-0.39, 0.29) is 0 Å². The Hall–Kier alpha value is -5.36. The van der Waals surface area contributed by atoms with Crippen LogP contribution in [0.1, 0.15) is 36.1 Å². The maximum absolute atomic E-state index is 13.7. The Morgan fingerprint density at radius 1 is 0.373 bits per heavy atom. The molecule has 1 fully saturated rings. The topological polar surface area (TPSA) is 58.9 Å². The molecule has 4 heteroatoms. The molecule has 0 aromatic heterocycles. The molecule has 0 bridgehead atoms. The molecule has 0 aliphatic carbocycles. The van der Waals surface area contributed by atoms with E-state index < -0.39 is 29.2 Å². The van der Waals surface area contributed by atoms with E-state index in [0.29, 0.717) is 22.3 Å². The first kappa shape index (κ1) is 31.6. The van der Waals surface area contributed by atoms with Crippen molar-refractivity contribution < 1.29 is 19.7 Å². The zero-order valence-electron chi connectivity index (χ0n) is 28.5. The molecule has 9 rings (SSSR count). The molecular weight excluding hydrogens is 629 g/mol. The van der Waals surface area contributed by atoms with E-state index in [1.54, 1.807) is 0 Å². The molecule has 0 amide bonds. The zero-order chi connectivity index (χ0) is 34.8. The third kappa shape index (κ3) is 5.22. The molecule has 1 aliphatic heterocycles. The number of rotatable bonds is 6. The quantitative estimate of drug-likeness (QED) is 0.186. The third-order valence-electron chi connectivity index (χ3n) is 10.7. The van der Waals surface area contributed by atoms with Crippen molar-refractivity contribution in [3.05, 3.63) is 192 Å². The fraction of sp³-hybridized carbons (Fsp3) is 0.149. The SMILES string of the molecule is CC1(C)O[C@H](C(O)(c2ccc3ccccc3c2)c2ccc3ccccc3c2)[C@@H](C(O)(c2ccc3ccccc3c2)c2ccc3ccccc3c2)O1. The van der Waals surface area contributed by atoms with Crippen LogP contribution in [-0.2, 0) is 20.7 Å². The average molecular weight is 667 g/mol. The predicted molar refractivity (Wildman–Crippen MR) is 206 cm³/mol. The molecule has 4 nitrogen and oxygen atoms in total. The predicted octanol–water partition coefficient (Wildman–Crippen LogP) is 9.99. The second-order valence-corrected chi connectivity index (χ2v) is 14.3. The van der Waals surface area contributed by atoms with Crippen molar-refractivity contribution in [2.24, 2.45) is 0 Å². The number of aliphatic hydroxyl groups is 2. The Kier molecular flexibility index (Phi) is 7.36. The van der Waals surface area contributed by atoms with Crippen LogP contribution in [0.5, 0.6) is 0 Å². The summed E-state index contributed by atoms with van der Waals surface area (Å²) in [5.41, 5.74) is -0.930. The van der Waals surface area contributed by atoms with Crippen LogP contribution in [0.4, 0.5) is 0 Å². The van der Waals surface area contributed by atoms with Crippen molar-refractivity contribution >= 4 is 43.1 Å². The van der Waals surface area contributed by atoms with Crippen LogP contribution in [-0.4, -0.2) is 28.2 Å². The molecule has 1 saturated heterocycles. The van der Waals surface area contributed by atoms with Crippen molar-refractivity contribution in [1.29, 1.82) is 0 Å². The van der Waals surface area contributed by atoms with Crippen LogP contribution in [0, 0.1) is 0 Å². The minimum atomic E-state index is -1.76. The third-order valence-corrected chi connectivity index (χ3v) is 10.7. The lowest BCUT2D eigenvalue weighted by Crippen LogP contribution is -2.55. The van der Waals surface area contributed by atoms with Gasteiger partial charge in [-0.2, -0.15) is 0 Å². The van der Waals surface area contributed by atoms with E-state index in [4.69, 9.17) is 9.47 Å². The number of ether oxygens (including phenoxy) is 2. The van der Waals surface area contributed by atoms with Gasteiger partial charge in [-0.3, -0.25) is 0 Å². The fourth-order valence-electron chi connectivity index (χ4n) is 8.07. The second kappa shape index (κ2) is 11.9. The lowest BCUT2D eigenvalue weighted by Gasteiger charge is -2.43. The van der Waals surface area contributed by atoms with E-state index in [1.807, 2.05) is 159 Å². The van der Waals surface area contributed by atoms with Gasteiger partial charge in [0.25, 0.3) is 0 Å². The summed E-state index contributed by atoms with van der Waals surface area (Å²) in [6, 6.07) is 56.6. The van der Waals surface area contributed by atoms with Gasteiger partial charge in [-0.1, -0.05) is 146 Å². The molecular formula is C47H38O4. The van der Waals surface area contributed by atoms with Crippen LogP contribution in [0.2, 0.25) is 0 Å². The summed E-state index contributed by atoms with van der Waals surface area (Å²) in [4.78, 5) is 0. The Bertz CT molecular complexity index is 2250. The summed E-state index contributed by atoms with van der Waals surface area (Å²) in [5.74, 6) is -1.15. The van der Waals surface area contributed by atoms with Crippen LogP contribution in [0.15, 0.2) is 170 Å². The summed E-state index contributed by atoms with van der Waals surface area (Å²) in [6.07, 6.45) is -2.12.